The molecule has 142 valence electrons. The molecule has 1 saturated heterocycles. The van der Waals surface area contributed by atoms with E-state index in [9.17, 15) is 14.4 Å². The topological polar surface area (TPSA) is 77.9 Å². The zero-order valence-corrected chi connectivity index (χ0v) is 15.6. The standard InChI is InChI=1S/C20H28N2O4/c1-3-15(2)22(14-19(24)25)20(26)17-10-7-11-21(13-17)18(23)12-16-8-5-4-6-9-16/h4-6,8-9,15,17H,3,7,10-14H2,1-2H3,(H,24,25). The Kier molecular flexibility index (Phi) is 7.18. The van der Waals surface area contributed by atoms with E-state index in [-0.39, 0.29) is 30.3 Å². The predicted molar refractivity (Wildman–Crippen MR) is 98.6 cm³/mol. The Balaban J connectivity index is 2.02. The molecule has 0 spiro atoms. The first-order chi connectivity index (χ1) is 12.4. The molecular weight excluding hydrogens is 332 g/mol. The van der Waals surface area contributed by atoms with Crippen molar-refractivity contribution in [3.05, 3.63) is 35.9 Å². The fourth-order valence-corrected chi connectivity index (χ4v) is 3.34. The van der Waals surface area contributed by atoms with Crippen molar-refractivity contribution in [1.82, 2.24) is 9.80 Å². The Labute approximate surface area is 154 Å². The first-order valence-electron chi connectivity index (χ1n) is 9.26. The van der Waals surface area contributed by atoms with Crippen LogP contribution < -0.4 is 0 Å². The molecule has 1 N–H and O–H groups in total. The minimum Gasteiger partial charge on any atom is -0.480 e. The van der Waals surface area contributed by atoms with Gasteiger partial charge in [0.2, 0.25) is 11.8 Å². The number of piperidine rings is 1. The molecule has 6 nitrogen and oxygen atoms in total. The highest BCUT2D eigenvalue weighted by Crippen LogP contribution is 2.21. The van der Waals surface area contributed by atoms with Crippen LogP contribution in [0.1, 0.15) is 38.7 Å². The third kappa shape index (κ3) is 5.31. The molecule has 1 aliphatic rings. The van der Waals surface area contributed by atoms with E-state index in [2.05, 4.69) is 0 Å². The van der Waals surface area contributed by atoms with Crippen molar-refractivity contribution >= 4 is 17.8 Å². The number of carboxylic acid groups (broad SMARTS) is 1. The van der Waals surface area contributed by atoms with Crippen molar-refractivity contribution < 1.29 is 19.5 Å². The molecule has 1 aromatic rings. The second kappa shape index (κ2) is 9.36. The summed E-state index contributed by atoms with van der Waals surface area (Å²) in [6.45, 7) is 4.53. The fourth-order valence-electron chi connectivity index (χ4n) is 3.34. The summed E-state index contributed by atoms with van der Waals surface area (Å²) in [7, 11) is 0. The number of likely N-dealkylation sites (tertiary alicyclic amines) is 1. The van der Waals surface area contributed by atoms with Crippen LogP contribution in [0.15, 0.2) is 30.3 Å². The summed E-state index contributed by atoms with van der Waals surface area (Å²) < 4.78 is 0. The van der Waals surface area contributed by atoms with E-state index < -0.39 is 5.97 Å². The maximum Gasteiger partial charge on any atom is 0.323 e. The van der Waals surface area contributed by atoms with Gasteiger partial charge in [-0.3, -0.25) is 14.4 Å². The van der Waals surface area contributed by atoms with Crippen LogP contribution in [0.2, 0.25) is 0 Å². The molecule has 1 fully saturated rings. The van der Waals surface area contributed by atoms with Gasteiger partial charge in [0.1, 0.15) is 6.54 Å². The van der Waals surface area contributed by atoms with Crippen LogP contribution in [0.4, 0.5) is 0 Å². The molecule has 1 heterocycles. The first-order valence-corrected chi connectivity index (χ1v) is 9.26. The monoisotopic (exact) mass is 360 g/mol. The molecule has 2 amide bonds. The molecule has 26 heavy (non-hydrogen) atoms. The Hall–Kier alpha value is -2.37. The molecule has 1 aliphatic heterocycles. The SMILES string of the molecule is CCC(C)N(CC(=O)O)C(=O)C1CCCN(C(=O)Cc2ccccc2)C1. The molecule has 0 aliphatic carbocycles. The number of hydrogen-bond acceptors (Lipinski definition) is 3. The van der Waals surface area contributed by atoms with Crippen LogP contribution in [0.5, 0.6) is 0 Å². The van der Waals surface area contributed by atoms with Gasteiger partial charge in [0.25, 0.3) is 0 Å². The molecule has 0 saturated carbocycles. The maximum atomic E-state index is 12.9. The fraction of sp³-hybridized carbons (Fsp3) is 0.550. The molecule has 6 heteroatoms. The maximum absolute atomic E-state index is 12.9. The van der Waals surface area contributed by atoms with E-state index in [4.69, 9.17) is 5.11 Å². The summed E-state index contributed by atoms with van der Waals surface area (Å²) in [4.78, 5) is 39.8. The lowest BCUT2D eigenvalue weighted by atomic mass is 9.95. The van der Waals surface area contributed by atoms with Crippen molar-refractivity contribution in [3.63, 3.8) is 0 Å². The Morgan fingerprint density at radius 2 is 1.96 bits per heavy atom. The highest BCUT2D eigenvalue weighted by Gasteiger charge is 2.33. The van der Waals surface area contributed by atoms with Gasteiger partial charge in [0.05, 0.1) is 12.3 Å². The van der Waals surface area contributed by atoms with Gasteiger partial charge in [-0.05, 0) is 31.7 Å². The number of carbonyl (C=O) groups is 3. The first kappa shape index (κ1) is 19.9. The van der Waals surface area contributed by atoms with Crippen molar-refractivity contribution in [2.75, 3.05) is 19.6 Å². The number of amides is 2. The second-order valence-electron chi connectivity index (χ2n) is 6.96. The van der Waals surface area contributed by atoms with Crippen molar-refractivity contribution in [2.45, 2.75) is 45.6 Å². The summed E-state index contributed by atoms with van der Waals surface area (Å²) in [5, 5.41) is 9.12. The Morgan fingerprint density at radius 3 is 2.58 bits per heavy atom. The normalized spacial score (nSPS) is 18.2. The molecule has 2 atom stereocenters. The van der Waals surface area contributed by atoms with E-state index in [0.717, 1.165) is 12.0 Å². The summed E-state index contributed by atoms with van der Waals surface area (Å²) in [5.74, 6) is -1.47. The number of carboxylic acids is 1. The third-order valence-corrected chi connectivity index (χ3v) is 5.03. The molecule has 2 rings (SSSR count). The van der Waals surface area contributed by atoms with Gasteiger partial charge >= 0.3 is 5.97 Å². The summed E-state index contributed by atoms with van der Waals surface area (Å²) in [6, 6.07) is 9.43. The molecule has 0 aromatic heterocycles. The molecule has 0 radical (unpaired) electrons. The summed E-state index contributed by atoms with van der Waals surface area (Å²) in [6.07, 6.45) is 2.48. The van der Waals surface area contributed by atoms with Crippen molar-refractivity contribution in [1.29, 1.82) is 0 Å². The minimum absolute atomic E-state index is 0.0158. The average Bonchev–Trinajstić information content (AvgIpc) is 2.65. The van der Waals surface area contributed by atoms with Gasteiger partial charge in [-0.1, -0.05) is 37.3 Å². The van der Waals surface area contributed by atoms with Crippen LogP contribution in [0.25, 0.3) is 0 Å². The molecule has 2 unspecified atom stereocenters. The van der Waals surface area contributed by atoms with E-state index >= 15 is 0 Å². The number of carbonyl (C=O) groups excluding carboxylic acids is 2. The van der Waals surface area contributed by atoms with Gasteiger partial charge in [0, 0.05) is 19.1 Å². The molecule has 0 bridgehead atoms. The lowest BCUT2D eigenvalue weighted by Crippen LogP contribution is -2.50. The average molecular weight is 360 g/mol. The number of benzene rings is 1. The van der Waals surface area contributed by atoms with Crippen molar-refractivity contribution in [3.8, 4) is 0 Å². The van der Waals surface area contributed by atoms with E-state index in [0.29, 0.717) is 32.4 Å². The minimum atomic E-state index is -1.01. The number of hydrogen-bond donors (Lipinski definition) is 1. The van der Waals surface area contributed by atoms with Crippen molar-refractivity contribution in [2.24, 2.45) is 5.92 Å². The highest BCUT2D eigenvalue weighted by atomic mass is 16.4. The third-order valence-electron chi connectivity index (χ3n) is 5.03. The van der Waals surface area contributed by atoms with E-state index in [1.807, 2.05) is 44.2 Å². The number of nitrogens with zero attached hydrogens (tertiary/aromatic N) is 2. The Bertz CT molecular complexity index is 632. The van der Waals surface area contributed by atoms with Crippen LogP contribution in [-0.4, -0.2) is 58.4 Å². The highest BCUT2D eigenvalue weighted by molar-refractivity contribution is 5.85. The van der Waals surface area contributed by atoms with Gasteiger partial charge in [-0.25, -0.2) is 0 Å². The van der Waals surface area contributed by atoms with Gasteiger partial charge in [-0.15, -0.1) is 0 Å². The van der Waals surface area contributed by atoms with Crippen LogP contribution in [-0.2, 0) is 20.8 Å². The molecule has 1 aromatic carbocycles. The lowest BCUT2D eigenvalue weighted by molar-refractivity contribution is -0.150. The second-order valence-corrected chi connectivity index (χ2v) is 6.96. The van der Waals surface area contributed by atoms with Crippen LogP contribution in [0, 0.1) is 5.92 Å². The van der Waals surface area contributed by atoms with Crippen LogP contribution in [0.3, 0.4) is 0 Å². The lowest BCUT2D eigenvalue weighted by Gasteiger charge is -2.36. The quantitative estimate of drug-likeness (QED) is 0.808. The smallest absolute Gasteiger partial charge is 0.323 e. The van der Waals surface area contributed by atoms with Gasteiger partial charge in [0.15, 0.2) is 0 Å². The largest absolute Gasteiger partial charge is 0.480 e. The Morgan fingerprint density at radius 1 is 1.27 bits per heavy atom. The van der Waals surface area contributed by atoms with Crippen LogP contribution >= 0.6 is 0 Å². The predicted octanol–water partition coefficient (Wildman–Crippen LogP) is 2.18. The van der Waals surface area contributed by atoms with Gasteiger partial charge in [-0.2, -0.15) is 0 Å². The van der Waals surface area contributed by atoms with E-state index in [1.165, 1.54) is 4.90 Å². The number of aliphatic carboxylic acids is 1. The summed E-state index contributed by atoms with van der Waals surface area (Å²) >= 11 is 0. The zero-order chi connectivity index (χ0) is 19.1. The zero-order valence-electron chi connectivity index (χ0n) is 15.6. The summed E-state index contributed by atoms with van der Waals surface area (Å²) in [5.41, 5.74) is 0.957. The number of rotatable bonds is 7. The molecular formula is C20H28N2O4. The van der Waals surface area contributed by atoms with Gasteiger partial charge < -0.3 is 14.9 Å². The van der Waals surface area contributed by atoms with E-state index in [1.54, 1.807) is 4.90 Å².